The Bertz CT molecular complexity index is 1370. The van der Waals surface area contributed by atoms with E-state index in [0.29, 0.717) is 17.7 Å². The summed E-state index contributed by atoms with van der Waals surface area (Å²) in [6, 6.07) is 18.9. The first-order chi connectivity index (χ1) is 16.4. The molecule has 8 heteroatoms. The van der Waals surface area contributed by atoms with Gasteiger partial charge in [0.15, 0.2) is 0 Å². The summed E-state index contributed by atoms with van der Waals surface area (Å²) < 4.78 is 0. The summed E-state index contributed by atoms with van der Waals surface area (Å²) in [7, 11) is 0. The minimum atomic E-state index is -0.922. The van der Waals surface area contributed by atoms with E-state index in [0.717, 1.165) is 38.6 Å². The third-order valence-corrected chi connectivity index (χ3v) is 6.29. The van der Waals surface area contributed by atoms with Crippen LogP contribution in [-0.4, -0.2) is 28.5 Å². The zero-order valence-electron chi connectivity index (χ0n) is 20.0. The second kappa shape index (κ2) is 12.5. The molecular formula is C28H29Cl2N3O3. The fourth-order valence-electron chi connectivity index (χ4n) is 4.25. The monoisotopic (exact) mass is 525 g/mol. The van der Waals surface area contributed by atoms with E-state index >= 15 is 0 Å². The highest BCUT2D eigenvalue weighted by Crippen LogP contribution is 2.25. The maximum atomic E-state index is 13.0. The largest absolute Gasteiger partial charge is 0.478 e. The molecule has 36 heavy (non-hydrogen) atoms. The average Bonchev–Trinajstić information content (AvgIpc) is 2.83. The van der Waals surface area contributed by atoms with Crippen LogP contribution in [0.15, 0.2) is 73.1 Å². The molecule has 0 fully saturated rings. The molecule has 0 saturated carbocycles. The predicted octanol–water partition coefficient (Wildman–Crippen LogP) is 5.67. The maximum Gasteiger partial charge on any atom is 0.335 e. The van der Waals surface area contributed by atoms with Crippen LogP contribution in [0.1, 0.15) is 44.1 Å². The van der Waals surface area contributed by atoms with Crippen LogP contribution in [0.2, 0.25) is 0 Å². The van der Waals surface area contributed by atoms with Gasteiger partial charge >= 0.3 is 5.97 Å². The van der Waals surface area contributed by atoms with Crippen molar-refractivity contribution in [3.63, 3.8) is 0 Å². The van der Waals surface area contributed by atoms with Gasteiger partial charge in [0.05, 0.1) is 11.5 Å². The number of nitrogens with one attached hydrogen (secondary N) is 1. The number of carboxylic acids is 1. The van der Waals surface area contributed by atoms with Crippen molar-refractivity contribution >= 4 is 53.2 Å². The molecule has 0 radical (unpaired) electrons. The number of anilines is 1. The molecule has 0 aliphatic carbocycles. The molecule has 1 atom stereocenters. The van der Waals surface area contributed by atoms with Crippen LogP contribution in [0.3, 0.4) is 0 Å². The SMILES string of the molecule is Cc1ccc(C(=O)O)c(C)c1Cc1ccc(C(CN)C(=O)Nc2ccc3cnccc3c2)cc1.Cl.Cl. The molecular weight excluding hydrogens is 497 g/mol. The number of hydrogen-bond acceptors (Lipinski definition) is 4. The fourth-order valence-corrected chi connectivity index (χ4v) is 4.25. The number of aromatic nitrogens is 1. The summed E-state index contributed by atoms with van der Waals surface area (Å²) in [4.78, 5) is 28.6. The molecule has 6 nitrogen and oxygen atoms in total. The molecule has 0 bridgehead atoms. The Hall–Kier alpha value is -3.45. The average molecular weight is 526 g/mol. The van der Waals surface area contributed by atoms with Gasteiger partial charge in [-0.25, -0.2) is 4.79 Å². The summed E-state index contributed by atoms with van der Waals surface area (Å²) >= 11 is 0. The minimum absolute atomic E-state index is 0. The van der Waals surface area contributed by atoms with E-state index in [2.05, 4.69) is 10.3 Å². The summed E-state index contributed by atoms with van der Waals surface area (Å²) in [6.07, 6.45) is 4.12. The molecule has 1 heterocycles. The van der Waals surface area contributed by atoms with E-state index in [1.165, 1.54) is 0 Å². The molecule has 0 aliphatic heterocycles. The molecule has 4 N–H and O–H groups in total. The summed E-state index contributed by atoms with van der Waals surface area (Å²) in [5, 5.41) is 14.4. The van der Waals surface area contributed by atoms with E-state index < -0.39 is 11.9 Å². The topological polar surface area (TPSA) is 105 Å². The summed E-state index contributed by atoms with van der Waals surface area (Å²) in [5.41, 5.74) is 11.7. The van der Waals surface area contributed by atoms with Crippen molar-refractivity contribution in [2.24, 2.45) is 5.73 Å². The number of halogens is 2. The summed E-state index contributed by atoms with van der Waals surface area (Å²) in [6.45, 7) is 4.01. The van der Waals surface area contributed by atoms with Crippen LogP contribution in [-0.2, 0) is 11.2 Å². The van der Waals surface area contributed by atoms with Gasteiger partial charge in [0.1, 0.15) is 0 Å². The van der Waals surface area contributed by atoms with Gasteiger partial charge in [0.2, 0.25) is 5.91 Å². The number of carbonyl (C=O) groups is 2. The molecule has 1 aromatic heterocycles. The number of nitrogens with two attached hydrogens (primary N) is 1. The Morgan fingerprint density at radius 1 is 0.972 bits per heavy atom. The number of carbonyl (C=O) groups excluding carboxylic acids is 1. The van der Waals surface area contributed by atoms with Gasteiger partial charge in [-0.2, -0.15) is 0 Å². The number of rotatable bonds is 7. The standard InChI is InChI=1S/C28H27N3O3.2ClH/c1-17-3-10-24(28(33)34)18(2)25(17)13-19-4-6-20(7-5-19)26(15-29)27(32)31-23-9-8-22-16-30-12-11-21(22)14-23;;/h3-12,14,16,26H,13,15,29H2,1-2H3,(H,31,32)(H,33,34);2*1H. The number of aryl methyl sites for hydroxylation is 1. The molecule has 1 amide bonds. The van der Waals surface area contributed by atoms with Gasteiger partial charge in [0.25, 0.3) is 0 Å². The smallest absolute Gasteiger partial charge is 0.335 e. The van der Waals surface area contributed by atoms with Crippen molar-refractivity contribution in [1.82, 2.24) is 4.98 Å². The molecule has 4 aromatic rings. The van der Waals surface area contributed by atoms with Crippen LogP contribution in [0, 0.1) is 13.8 Å². The Kier molecular flexibility index (Phi) is 9.99. The van der Waals surface area contributed by atoms with Gasteiger partial charge in [0, 0.05) is 30.0 Å². The lowest BCUT2D eigenvalue weighted by Gasteiger charge is -2.17. The van der Waals surface area contributed by atoms with Gasteiger partial charge in [-0.15, -0.1) is 24.8 Å². The van der Waals surface area contributed by atoms with Crippen LogP contribution < -0.4 is 11.1 Å². The van der Waals surface area contributed by atoms with E-state index in [9.17, 15) is 14.7 Å². The highest BCUT2D eigenvalue weighted by molar-refractivity contribution is 5.98. The van der Waals surface area contributed by atoms with E-state index in [4.69, 9.17) is 5.73 Å². The Balaban J connectivity index is 0.00000228. The minimum Gasteiger partial charge on any atom is -0.478 e. The molecule has 0 spiro atoms. The van der Waals surface area contributed by atoms with Crippen molar-refractivity contribution < 1.29 is 14.7 Å². The lowest BCUT2D eigenvalue weighted by molar-refractivity contribution is -0.117. The third kappa shape index (κ3) is 6.21. The predicted molar refractivity (Wildman–Crippen MR) is 149 cm³/mol. The number of pyridine rings is 1. The molecule has 0 saturated heterocycles. The van der Waals surface area contributed by atoms with Crippen LogP contribution >= 0.6 is 24.8 Å². The fraction of sp³-hybridized carbons (Fsp3) is 0.179. The zero-order chi connectivity index (χ0) is 24.2. The van der Waals surface area contributed by atoms with Crippen molar-refractivity contribution in [2.75, 3.05) is 11.9 Å². The Morgan fingerprint density at radius 2 is 1.69 bits per heavy atom. The third-order valence-electron chi connectivity index (χ3n) is 6.29. The Morgan fingerprint density at radius 3 is 2.36 bits per heavy atom. The molecule has 0 aliphatic rings. The lowest BCUT2D eigenvalue weighted by atomic mass is 9.91. The lowest BCUT2D eigenvalue weighted by Crippen LogP contribution is -2.27. The first kappa shape index (κ1) is 28.8. The zero-order valence-corrected chi connectivity index (χ0v) is 21.7. The first-order valence-electron chi connectivity index (χ1n) is 11.1. The van der Waals surface area contributed by atoms with Gasteiger partial charge < -0.3 is 16.2 Å². The first-order valence-corrected chi connectivity index (χ1v) is 11.1. The highest BCUT2D eigenvalue weighted by Gasteiger charge is 2.20. The normalized spacial score (nSPS) is 11.2. The number of aromatic carboxylic acids is 1. The highest BCUT2D eigenvalue weighted by atomic mass is 35.5. The van der Waals surface area contributed by atoms with Gasteiger partial charge in [-0.3, -0.25) is 9.78 Å². The number of nitrogens with zero attached hydrogens (tertiary/aromatic N) is 1. The van der Waals surface area contributed by atoms with Crippen molar-refractivity contribution in [2.45, 2.75) is 26.2 Å². The van der Waals surface area contributed by atoms with E-state index in [-0.39, 0.29) is 37.3 Å². The second-order valence-corrected chi connectivity index (χ2v) is 8.47. The number of carboxylic acid groups (broad SMARTS) is 1. The number of benzene rings is 3. The quantitative estimate of drug-likeness (QED) is 0.288. The number of hydrogen-bond donors (Lipinski definition) is 3. The molecule has 1 unspecified atom stereocenters. The van der Waals surface area contributed by atoms with Crippen molar-refractivity contribution in [1.29, 1.82) is 0 Å². The molecule has 3 aromatic carbocycles. The van der Waals surface area contributed by atoms with Gasteiger partial charge in [-0.1, -0.05) is 36.4 Å². The van der Waals surface area contributed by atoms with Crippen molar-refractivity contribution in [3.05, 3.63) is 106 Å². The van der Waals surface area contributed by atoms with Crippen LogP contribution in [0.5, 0.6) is 0 Å². The van der Waals surface area contributed by atoms with Crippen LogP contribution in [0.25, 0.3) is 10.8 Å². The van der Waals surface area contributed by atoms with E-state index in [1.54, 1.807) is 18.5 Å². The number of amides is 1. The maximum absolute atomic E-state index is 13.0. The van der Waals surface area contributed by atoms with E-state index in [1.807, 2.05) is 68.4 Å². The Labute approximate surface area is 222 Å². The number of fused-ring (bicyclic) bond motifs is 1. The van der Waals surface area contributed by atoms with Crippen molar-refractivity contribution in [3.8, 4) is 0 Å². The second-order valence-electron chi connectivity index (χ2n) is 8.47. The summed E-state index contributed by atoms with van der Waals surface area (Å²) in [5.74, 6) is -1.57. The molecule has 4 rings (SSSR count). The van der Waals surface area contributed by atoms with Crippen LogP contribution in [0.4, 0.5) is 5.69 Å². The molecule has 188 valence electrons. The van der Waals surface area contributed by atoms with Gasteiger partial charge in [-0.05, 0) is 77.7 Å².